The van der Waals surface area contributed by atoms with Gasteiger partial charge >= 0.3 is 11.7 Å². The first-order valence-electron chi connectivity index (χ1n) is 8.12. The molecule has 2 aromatic carbocycles. The van der Waals surface area contributed by atoms with Gasteiger partial charge in [-0.15, -0.1) is 0 Å². The number of carbonyl (C=O) groups is 1. The van der Waals surface area contributed by atoms with Crippen molar-refractivity contribution in [2.75, 3.05) is 7.11 Å². The minimum absolute atomic E-state index is 0.0434. The van der Waals surface area contributed by atoms with Crippen LogP contribution in [0.3, 0.4) is 0 Å². The van der Waals surface area contributed by atoms with Crippen molar-refractivity contribution >= 4 is 11.7 Å². The summed E-state index contributed by atoms with van der Waals surface area (Å²) in [5.74, 6) is -0.624. The fourth-order valence-electron chi connectivity index (χ4n) is 2.83. The highest BCUT2D eigenvalue weighted by Crippen LogP contribution is 2.35. The number of hydrogen-bond donors (Lipinski definition) is 1. The summed E-state index contributed by atoms with van der Waals surface area (Å²) in [6.45, 7) is 0. The van der Waals surface area contributed by atoms with E-state index in [0.29, 0.717) is 12.8 Å². The number of nitrogens with zero attached hydrogens (tertiary/aromatic N) is 1. The Morgan fingerprint density at radius 2 is 1.88 bits per heavy atom. The van der Waals surface area contributed by atoms with Gasteiger partial charge in [-0.1, -0.05) is 42.8 Å². The molecular weight excluding hydrogens is 322 g/mol. The molecule has 6 heteroatoms. The highest BCUT2D eigenvalue weighted by atomic mass is 16.6. The molecular formula is C19H21NO5. The predicted molar refractivity (Wildman–Crippen MR) is 93.5 cm³/mol. The fraction of sp³-hybridized carbons (Fsp3) is 0.316. The van der Waals surface area contributed by atoms with E-state index in [9.17, 15) is 20.0 Å². The summed E-state index contributed by atoms with van der Waals surface area (Å²) in [5.41, 5.74) is 1.52. The van der Waals surface area contributed by atoms with Gasteiger partial charge in [0.15, 0.2) is 5.75 Å². The quantitative estimate of drug-likeness (QED) is 0.336. The van der Waals surface area contributed by atoms with Gasteiger partial charge in [0.2, 0.25) is 0 Å². The summed E-state index contributed by atoms with van der Waals surface area (Å²) in [6.07, 6.45) is 2.57. The Balaban J connectivity index is 2.22. The average molecular weight is 343 g/mol. The molecule has 0 aliphatic carbocycles. The van der Waals surface area contributed by atoms with E-state index in [1.807, 2.05) is 30.3 Å². The molecule has 0 amide bonds. The van der Waals surface area contributed by atoms with Crippen LogP contribution in [0.1, 0.15) is 42.7 Å². The average Bonchev–Trinajstić information content (AvgIpc) is 2.62. The third-order valence-electron chi connectivity index (χ3n) is 4.15. The molecule has 132 valence electrons. The van der Waals surface area contributed by atoms with Crippen LogP contribution >= 0.6 is 0 Å². The van der Waals surface area contributed by atoms with Crippen LogP contribution in [0.25, 0.3) is 0 Å². The molecule has 0 bridgehead atoms. The predicted octanol–water partition coefficient (Wildman–Crippen LogP) is 4.17. The highest BCUT2D eigenvalue weighted by Gasteiger charge is 2.20. The van der Waals surface area contributed by atoms with Crippen LogP contribution in [0, 0.1) is 10.1 Å². The number of methoxy groups -OCH3 is 1. The summed E-state index contributed by atoms with van der Waals surface area (Å²) in [6, 6.07) is 14.2. The van der Waals surface area contributed by atoms with E-state index >= 15 is 0 Å². The second-order valence-electron chi connectivity index (χ2n) is 5.79. The van der Waals surface area contributed by atoms with Gasteiger partial charge < -0.3 is 9.84 Å². The lowest BCUT2D eigenvalue weighted by molar-refractivity contribution is -0.385. The SMILES string of the molecule is COC(=O)CCCCC(c1ccccc1)c1ccc(O)c([N+](=O)[O-])c1. The molecule has 25 heavy (non-hydrogen) atoms. The number of carbonyl (C=O) groups excluding carboxylic acids is 1. The van der Waals surface area contributed by atoms with Crippen LogP contribution in [0.4, 0.5) is 5.69 Å². The largest absolute Gasteiger partial charge is 0.502 e. The number of rotatable bonds is 8. The topological polar surface area (TPSA) is 89.7 Å². The second-order valence-corrected chi connectivity index (χ2v) is 5.79. The molecule has 0 aromatic heterocycles. The van der Waals surface area contributed by atoms with E-state index in [0.717, 1.165) is 24.0 Å². The van der Waals surface area contributed by atoms with E-state index in [-0.39, 0.29) is 23.3 Å². The van der Waals surface area contributed by atoms with Crippen LogP contribution < -0.4 is 0 Å². The van der Waals surface area contributed by atoms with Gasteiger partial charge in [0.05, 0.1) is 12.0 Å². The standard InChI is InChI=1S/C19H21NO5/c1-25-19(22)10-6-5-9-16(14-7-3-2-4-8-14)15-11-12-18(21)17(13-15)20(23)24/h2-4,7-8,11-13,16,21H,5-6,9-10H2,1H3. The molecule has 0 aliphatic rings. The van der Waals surface area contributed by atoms with E-state index in [1.54, 1.807) is 6.07 Å². The number of aromatic hydroxyl groups is 1. The Morgan fingerprint density at radius 1 is 1.16 bits per heavy atom. The van der Waals surface area contributed by atoms with E-state index in [1.165, 1.54) is 19.2 Å². The lowest BCUT2D eigenvalue weighted by Gasteiger charge is -2.18. The zero-order valence-electron chi connectivity index (χ0n) is 14.1. The molecule has 6 nitrogen and oxygen atoms in total. The number of esters is 1. The Bertz CT molecular complexity index is 730. The number of nitro groups is 1. The molecule has 2 aromatic rings. The van der Waals surface area contributed by atoms with Crippen molar-refractivity contribution < 1.29 is 19.6 Å². The van der Waals surface area contributed by atoms with Crippen molar-refractivity contribution in [3.05, 3.63) is 69.8 Å². The summed E-state index contributed by atoms with van der Waals surface area (Å²) in [7, 11) is 1.37. The van der Waals surface area contributed by atoms with Crippen molar-refractivity contribution in [3.63, 3.8) is 0 Å². The number of unbranched alkanes of at least 4 members (excludes halogenated alkanes) is 1. The van der Waals surface area contributed by atoms with Gasteiger partial charge in [0.1, 0.15) is 0 Å². The smallest absolute Gasteiger partial charge is 0.310 e. The molecule has 0 aliphatic heterocycles. The lowest BCUT2D eigenvalue weighted by Crippen LogP contribution is -2.04. The zero-order chi connectivity index (χ0) is 18.2. The normalized spacial score (nSPS) is 11.7. The number of nitro benzene ring substituents is 1. The minimum Gasteiger partial charge on any atom is -0.502 e. The Morgan fingerprint density at radius 3 is 2.52 bits per heavy atom. The number of phenols is 1. The summed E-state index contributed by atoms with van der Waals surface area (Å²) in [5, 5.41) is 20.8. The Labute approximate surface area is 146 Å². The van der Waals surface area contributed by atoms with Gasteiger partial charge in [-0.05, 0) is 30.0 Å². The molecule has 1 unspecified atom stereocenters. The molecule has 2 rings (SSSR count). The molecule has 0 heterocycles. The van der Waals surface area contributed by atoms with E-state index < -0.39 is 4.92 Å². The monoisotopic (exact) mass is 343 g/mol. The molecule has 1 atom stereocenters. The maximum Gasteiger partial charge on any atom is 0.310 e. The maximum absolute atomic E-state index is 11.2. The van der Waals surface area contributed by atoms with Crippen molar-refractivity contribution in [2.24, 2.45) is 0 Å². The van der Waals surface area contributed by atoms with E-state index in [4.69, 9.17) is 0 Å². The van der Waals surface area contributed by atoms with Gasteiger partial charge in [-0.25, -0.2) is 0 Å². The first-order chi connectivity index (χ1) is 12.0. The van der Waals surface area contributed by atoms with Crippen molar-refractivity contribution in [3.8, 4) is 5.75 Å². The van der Waals surface area contributed by atoms with Crippen molar-refractivity contribution in [2.45, 2.75) is 31.6 Å². The maximum atomic E-state index is 11.2. The minimum atomic E-state index is -0.585. The van der Waals surface area contributed by atoms with E-state index in [2.05, 4.69) is 4.74 Å². The summed E-state index contributed by atoms with van der Waals surface area (Å²) >= 11 is 0. The number of phenolic OH excluding ortho intramolecular Hbond substituents is 1. The Hall–Kier alpha value is -2.89. The van der Waals surface area contributed by atoms with Crippen LogP contribution in [0.5, 0.6) is 5.75 Å². The van der Waals surface area contributed by atoms with Gasteiger partial charge in [-0.2, -0.15) is 0 Å². The number of ether oxygens (including phenoxy) is 1. The zero-order valence-corrected chi connectivity index (χ0v) is 14.1. The summed E-state index contributed by atoms with van der Waals surface area (Å²) in [4.78, 5) is 21.7. The van der Waals surface area contributed by atoms with Crippen LogP contribution in [0.2, 0.25) is 0 Å². The molecule has 0 saturated carbocycles. The molecule has 0 radical (unpaired) electrons. The fourth-order valence-corrected chi connectivity index (χ4v) is 2.83. The van der Waals surface area contributed by atoms with Gasteiger partial charge in [-0.3, -0.25) is 14.9 Å². The van der Waals surface area contributed by atoms with Crippen molar-refractivity contribution in [1.29, 1.82) is 0 Å². The molecule has 0 fully saturated rings. The third kappa shape index (κ3) is 5.04. The summed E-state index contributed by atoms with van der Waals surface area (Å²) < 4.78 is 4.64. The van der Waals surface area contributed by atoms with Crippen molar-refractivity contribution in [1.82, 2.24) is 0 Å². The number of hydrogen-bond acceptors (Lipinski definition) is 5. The highest BCUT2D eigenvalue weighted by molar-refractivity contribution is 5.68. The molecule has 0 spiro atoms. The first kappa shape index (κ1) is 18.4. The van der Waals surface area contributed by atoms with Gasteiger partial charge in [0.25, 0.3) is 0 Å². The van der Waals surface area contributed by atoms with Crippen LogP contribution in [-0.2, 0) is 9.53 Å². The molecule has 1 N–H and O–H groups in total. The van der Waals surface area contributed by atoms with Crippen LogP contribution in [0.15, 0.2) is 48.5 Å². The molecule has 0 saturated heterocycles. The lowest BCUT2D eigenvalue weighted by atomic mass is 9.86. The second kappa shape index (κ2) is 8.82. The number of benzene rings is 2. The Kier molecular flexibility index (Phi) is 6.51. The first-order valence-corrected chi connectivity index (χ1v) is 8.12. The van der Waals surface area contributed by atoms with Gasteiger partial charge in [0, 0.05) is 18.4 Å². The third-order valence-corrected chi connectivity index (χ3v) is 4.15. The van der Waals surface area contributed by atoms with Crippen LogP contribution in [-0.4, -0.2) is 23.1 Å².